The minimum absolute atomic E-state index is 0.358. The zero-order chi connectivity index (χ0) is 13.6. The molecule has 1 aliphatic rings. The van der Waals surface area contributed by atoms with Gasteiger partial charge >= 0.3 is 0 Å². The number of likely N-dealkylation sites (tertiary alicyclic amines) is 1. The van der Waals surface area contributed by atoms with Crippen molar-refractivity contribution in [1.29, 1.82) is 0 Å². The average Bonchev–Trinajstić information content (AvgIpc) is 2.70. The van der Waals surface area contributed by atoms with Crippen LogP contribution in [0, 0.1) is 5.92 Å². The van der Waals surface area contributed by atoms with Crippen molar-refractivity contribution in [2.24, 2.45) is 11.7 Å². The van der Waals surface area contributed by atoms with E-state index in [2.05, 4.69) is 23.9 Å². The Morgan fingerprint density at radius 2 is 2.17 bits per heavy atom. The molecule has 1 aliphatic heterocycles. The van der Waals surface area contributed by atoms with Crippen molar-refractivity contribution in [3.05, 3.63) is 0 Å². The maximum Gasteiger partial charge on any atom is 0.0741 e. The summed E-state index contributed by atoms with van der Waals surface area (Å²) in [6, 6.07) is 0. The molecule has 0 aromatic carbocycles. The zero-order valence-electron chi connectivity index (χ0n) is 12.4. The van der Waals surface area contributed by atoms with Gasteiger partial charge in [-0.1, -0.05) is 0 Å². The van der Waals surface area contributed by atoms with Gasteiger partial charge < -0.3 is 20.6 Å². The average molecular weight is 257 g/mol. The second kappa shape index (κ2) is 7.43. The number of rotatable bonds is 8. The van der Waals surface area contributed by atoms with E-state index in [1.807, 2.05) is 6.92 Å². The van der Waals surface area contributed by atoms with Gasteiger partial charge in [0.25, 0.3) is 0 Å². The van der Waals surface area contributed by atoms with E-state index in [0.717, 1.165) is 31.7 Å². The summed E-state index contributed by atoms with van der Waals surface area (Å²) < 4.78 is 0. The fourth-order valence-corrected chi connectivity index (χ4v) is 2.70. The Balaban J connectivity index is 2.05. The lowest BCUT2D eigenvalue weighted by Crippen LogP contribution is -2.34. The van der Waals surface area contributed by atoms with E-state index in [-0.39, 0.29) is 0 Å². The molecule has 1 heterocycles. The van der Waals surface area contributed by atoms with Crippen LogP contribution in [0.4, 0.5) is 0 Å². The van der Waals surface area contributed by atoms with Gasteiger partial charge in [-0.25, -0.2) is 0 Å². The summed E-state index contributed by atoms with van der Waals surface area (Å²) in [6.45, 7) is 7.00. The molecule has 0 radical (unpaired) electrons. The van der Waals surface area contributed by atoms with Gasteiger partial charge in [-0.2, -0.15) is 0 Å². The lowest BCUT2D eigenvalue weighted by atomic mass is 9.99. The predicted molar refractivity (Wildman–Crippen MR) is 76.6 cm³/mol. The van der Waals surface area contributed by atoms with Gasteiger partial charge in [0.2, 0.25) is 0 Å². The third kappa shape index (κ3) is 6.14. The molecule has 0 saturated carbocycles. The number of nitrogens with zero attached hydrogens (tertiary/aromatic N) is 2. The summed E-state index contributed by atoms with van der Waals surface area (Å²) in [6.07, 6.45) is 4.35. The Morgan fingerprint density at radius 1 is 1.44 bits per heavy atom. The summed E-state index contributed by atoms with van der Waals surface area (Å²) in [5.74, 6) is 0.840. The summed E-state index contributed by atoms with van der Waals surface area (Å²) in [4.78, 5) is 4.85. The maximum atomic E-state index is 9.80. The Bertz CT molecular complexity index is 233. The van der Waals surface area contributed by atoms with E-state index in [1.54, 1.807) is 0 Å². The van der Waals surface area contributed by atoms with Gasteiger partial charge in [0, 0.05) is 19.6 Å². The van der Waals surface area contributed by atoms with Gasteiger partial charge in [-0.3, -0.25) is 0 Å². The first-order chi connectivity index (χ1) is 8.43. The minimum atomic E-state index is -0.674. The SMILES string of the molecule is CN(CCCCC(C)(O)CN)CC1CCN(C)C1. The highest BCUT2D eigenvalue weighted by atomic mass is 16.3. The van der Waals surface area contributed by atoms with Gasteiger partial charge in [-0.05, 0) is 65.7 Å². The van der Waals surface area contributed by atoms with Crippen LogP contribution in [-0.2, 0) is 0 Å². The molecule has 0 bridgehead atoms. The summed E-state index contributed by atoms with van der Waals surface area (Å²) in [5.41, 5.74) is 4.83. The molecule has 0 spiro atoms. The standard InChI is InChI=1S/C14H31N3O/c1-14(18,12-15)7-4-5-8-16(2)10-13-6-9-17(3)11-13/h13,18H,4-12,15H2,1-3H3. The first-order valence-corrected chi connectivity index (χ1v) is 7.22. The fourth-order valence-electron chi connectivity index (χ4n) is 2.70. The van der Waals surface area contributed by atoms with E-state index in [1.165, 1.54) is 26.1 Å². The molecule has 1 rings (SSSR count). The van der Waals surface area contributed by atoms with Crippen LogP contribution in [0.2, 0.25) is 0 Å². The van der Waals surface area contributed by atoms with Gasteiger partial charge in [0.15, 0.2) is 0 Å². The lowest BCUT2D eigenvalue weighted by Gasteiger charge is -2.23. The van der Waals surface area contributed by atoms with Crippen LogP contribution in [0.1, 0.15) is 32.6 Å². The molecule has 4 heteroatoms. The van der Waals surface area contributed by atoms with Crippen LogP contribution in [-0.4, -0.2) is 67.3 Å². The van der Waals surface area contributed by atoms with Crippen LogP contribution in [0.5, 0.6) is 0 Å². The molecule has 0 aliphatic carbocycles. The third-order valence-electron chi connectivity index (χ3n) is 4.00. The van der Waals surface area contributed by atoms with Gasteiger partial charge in [-0.15, -0.1) is 0 Å². The minimum Gasteiger partial charge on any atom is -0.389 e. The smallest absolute Gasteiger partial charge is 0.0741 e. The Hall–Kier alpha value is -0.160. The summed E-state index contributed by atoms with van der Waals surface area (Å²) in [7, 11) is 4.41. The van der Waals surface area contributed by atoms with Crippen molar-refractivity contribution in [1.82, 2.24) is 9.80 Å². The van der Waals surface area contributed by atoms with Gasteiger partial charge in [0.05, 0.1) is 5.60 Å². The molecule has 0 amide bonds. The number of unbranched alkanes of at least 4 members (excludes halogenated alkanes) is 1. The van der Waals surface area contributed by atoms with E-state index >= 15 is 0 Å². The zero-order valence-corrected chi connectivity index (χ0v) is 12.4. The molecule has 2 unspecified atom stereocenters. The molecule has 2 atom stereocenters. The van der Waals surface area contributed by atoms with Crippen LogP contribution in [0.15, 0.2) is 0 Å². The molecular weight excluding hydrogens is 226 g/mol. The highest BCUT2D eigenvalue weighted by Gasteiger charge is 2.21. The van der Waals surface area contributed by atoms with Crippen molar-refractivity contribution in [2.75, 3.05) is 46.8 Å². The molecular formula is C14H31N3O. The molecule has 1 saturated heterocycles. The van der Waals surface area contributed by atoms with Crippen molar-refractivity contribution in [3.8, 4) is 0 Å². The largest absolute Gasteiger partial charge is 0.389 e. The second-order valence-corrected chi connectivity index (χ2v) is 6.34. The number of hydrogen-bond donors (Lipinski definition) is 2. The Kier molecular flexibility index (Phi) is 6.57. The van der Waals surface area contributed by atoms with Crippen LogP contribution < -0.4 is 5.73 Å². The molecule has 18 heavy (non-hydrogen) atoms. The molecule has 3 N–H and O–H groups in total. The van der Waals surface area contributed by atoms with E-state index in [0.29, 0.717) is 6.54 Å². The van der Waals surface area contributed by atoms with Crippen LogP contribution in [0.3, 0.4) is 0 Å². The second-order valence-electron chi connectivity index (χ2n) is 6.34. The molecule has 0 aromatic rings. The number of nitrogens with two attached hydrogens (primary N) is 1. The predicted octanol–water partition coefficient (Wildman–Crippen LogP) is 0.750. The lowest BCUT2D eigenvalue weighted by molar-refractivity contribution is 0.0565. The quantitative estimate of drug-likeness (QED) is 0.630. The normalized spacial score (nSPS) is 24.7. The highest BCUT2D eigenvalue weighted by Crippen LogP contribution is 2.16. The number of aliphatic hydroxyl groups is 1. The Morgan fingerprint density at radius 3 is 2.72 bits per heavy atom. The first kappa shape index (κ1) is 15.9. The highest BCUT2D eigenvalue weighted by molar-refractivity contribution is 4.76. The van der Waals surface area contributed by atoms with Crippen molar-refractivity contribution in [2.45, 2.75) is 38.2 Å². The van der Waals surface area contributed by atoms with Crippen molar-refractivity contribution in [3.63, 3.8) is 0 Å². The number of hydrogen-bond acceptors (Lipinski definition) is 4. The maximum absolute atomic E-state index is 9.80. The fraction of sp³-hybridized carbons (Fsp3) is 1.00. The molecule has 108 valence electrons. The Labute approximate surface area is 112 Å². The third-order valence-corrected chi connectivity index (χ3v) is 4.00. The first-order valence-electron chi connectivity index (χ1n) is 7.22. The van der Waals surface area contributed by atoms with Crippen LogP contribution >= 0.6 is 0 Å². The van der Waals surface area contributed by atoms with E-state index < -0.39 is 5.60 Å². The van der Waals surface area contributed by atoms with E-state index in [9.17, 15) is 5.11 Å². The summed E-state index contributed by atoms with van der Waals surface area (Å²) in [5, 5.41) is 9.80. The van der Waals surface area contributed by atoms with Gasteiger partial charge in [0.1, 0.15) is 0 Å². The molecule has 4 nitrogen and oxygen atoms in total. The van der Waals surface area contributed by atoms with Crippen LogP contribution in [0.25, 0.3) is 0 Å². The summed E-state index contributed by atoms with van der Waals surface area (Å²) >= 11 is 0. The van der Waals surface area contributed by atoms with E-state index in [4.69, 9.17) is 5.73 Å². The van der Waals surface area contributed by atoms with Crippen molar-refractivity contribution >= 4 is 0 Å². The molecule has 0 aromatic heterocycles. The molecule has 1 fully saturated rings. The topological polar surface area (TPSA) is 52.7 Å². The van der Waals surface area contributed by atoms with Crippen molar-refractivity contribution < 1.29 is 5.11 Å². The monoisotopic (exact) mass is 257 g/mol.